The van der Waals surface area contributed by atoms with Crippen LogP contribution in [-0.2, 0) is 4.79 Å². The highest BCUT2D eigenvalue weighted by atomic mass is 32.1. The monoisotopic (exact) mass is 294 g/mol. The Bertz CT molecular complexity index is 441. The molecule has 5 heteroatoms. The average molecular weight is 294 g/mol. The number of thiophene rings is 1. The highest BCUT2D eigenvalue weighted by molar-refractivity contribution is 7.08. The van der Waals surface area contributed by atoms with Crippen molar-refractivity contribution in [1.29, 1.82) is 0 Å². The van der Waals surface area contributed by atoms with Crippen molar-refractivity contribution in [3.05, 3.63) is 22.4 Å². The van der Waals surface area contributed by atoms with Crippen LogP contribution in [0.15, 0.2) is 16.8 Å². The molecule has 0 radical (unpaired) electrons. The van der Waals surface area contributed by atoms with Gasteiger partial charge in [0.2, 0.25) is 5.91 Å². The fourth-order valence-electron chi connectivity index (χ4n) is 2.14. The highest BCUT2D eigenvalue weighted by Crippen LogP contribution is 2.29. The molecule has 1 aromatic heterocycles. The van der Waals surface area contributed by atoms with Gasteiger partial charge in [-0.2, -0.15) is 11.3 Å². The molecule has 1 heterocycles. The molecule has 0 aromatic carbocycles. The molecule has 4 nitrogen and oxygen atoms in total. The van der Waals surface area contributed by atoms with E-state index >= 15 is 0 Å². The van der Waals surface area contributed by atoms with E-state index in [1.807, 2.05) is 15.7 Å². The molecule has 0 atom stereocenters. The summed E-state index contributed by atoms with van der Waals surface area (Å²) >= 11 is 1.50. The lowest BCUT2D eigenvalue weighted by molar-refractivity contribution is -0.131. The average Bonchev–Trinajstić information content (AvgIpc) is 3.07. The number of carbonyl (C=O) groups excluding carboxylic acids is 2. The fourth-order valence-corrected chi connectivity index (χ4v) is 2.77. The largest absolute Gasteiger partial charge is 0.351 e. The van der Waals surface area contributed by atoms with Crippen LogP contribution in [0.3, 0.4) is 0 Å². The summed E-state index contributed by atoms with van der Waals surface area (Å²) in [5, 5.41) is 6.49. The maximum absolute atomic E-state index is 12.1. The molecule has 0 spiro atoms. The first-order valence-electron chi connectivity index (χ1n) is 7.29. The van der Waals surface area contributed by atoms with E-state index in [0.717, 1.165) is 19.5 Å². The zero-order valence-corrected chi connectivity index (χ0v) is 12.7. The summed E-state index contributed by atoms with van der Waals surface area (Å²) < 4.78 is 0. The third-order valence-corrected chi connectivity index (χ3v) is 4.11. The minimum atomic E-state index is -0.0942. The van der Waals surface area contributed by atoms with E-state index in [2.05, 4.69) is 12.2 Å². The van der Waals surface area contributed by atoms with Crippen molar-refractivity contribution in [2.45, 2.75) is 32.6 Å². The van der Waals surface area contributed by atoms with E-state index in [1.54, 1.807) is 6.07 Å². The normalized spacial score (nSPS) is 14.1. The second kappa shape index (κ2) is 7.43. The number of carbonyl (C=O) groups is 2. The molecule has 2 rings (SSSR count). The zero-order chi connectivity index (χ0) is 14.4. The number of hydrogen-bond acceptors (Lipinski definition) is 3. The first kappa shape index (κ1) is 15.0. The summed E-state index contributed by atoms with van der Waals surface area (Å²) in [6, 6.07) is 1.79. The van der Waals surface area contributed by atoms with Gasteiger partial charge < -0.3 is 10.2 Å². The van der Waals surface area contributed by atoms with Gasteiger partial charge in [0.05, 0.1) is 0 Å². The molecular weight excluding hydrogens is 272 g/mol. The predicted molar refractivity (Wildman–Crippen MR) is 80.9 cm³/mol. The number of nitrogens with one attached hydrogen (secondary N) is 1. The van der Waals surface area contributed by atoms with Gasteiger partial charge in [-0.05, 0) is 36.6 Å². The van der Waals surface area contributed by atoms with Gasteiger partial charge in [0.1, 0.15) is 0 Å². The van der Waals surface area contributed by atoms with Crippen molar-refractivity contribution in [2.75, 3.05) is 19.6 Å². The van der Waals surface area contributed by atoms with Crippen molar-refractivity contribution in [1.82, 2.24) is 10.2 Å². The standard InChI is InChI=1S/C15H22N2O2S/c1-2-8-17(10-12-3-4-12)14(18)5-7-16-15(19)13-6-9-20-11-13/h6,9,11-12H,2-5,7-8,10H2,1H3,(H,16,19). The summed E-state index contributed by atoms with van der Waals surface area (Å²) in [5.74, 6) is 0.776. The molecule has 0 aliphatic heterocycles. The molecular formula is C15H22N2O2S. The smallest absolute Gasteiger partial charge is 0.252 e. The first-order valence-corrected chi connectivity index (χ1v) is 8.23. The molecule has 110 valence electrons. The molecule has 0 bridgehead atoms. The van der Waals surface area contributed by atoms with Gasteiger partial charge in [0.25, 0.3) is 5.91 Å². The Hall–Kier alpha value is -1.36. The number of amides is 2. The van der Waals surface area contributed by atoms with E-state index in [4.69, 9.17) is 0 Å². The quantitative estimate of drug-likeness (QED) is 0.801. The number of rotatable bonds is 8. The van der Waals surface area contributed by atoms with Gasteiger partial charge in [-0.3, -0.25) is 9.59 Å². The highest BCUT2D eigenvalue weighted by Gasteiger charge is 2.26. The molecule has 1 aliphatic rings. The van der Waals surface area contributed by atoms with Crippen LogP contribution in [0.5, 0.6) is 0 Å². The lowest BCUT2D eigenvalue weighted by Gasteiger charge is -2.22. The van der Waals surface area contributed by atoms with Crippen LogP contribution in [-0.4, -0.2) is 36.3 Å². The Balaban J connectivity index is 1.71. The van der Waals surface area contributed by atoms with Gasteiger partial charge in [0.15, 0.2) is 0 Å². The van der Waals surface area contributed by atoms with Crippen molar-refractivity contribution >= 4 is 23.2 Å². The van der Waals surface area contributed by atoms with Gasteiger partial charge in [-0.15, -0.1) is 0 Å². The molecule has 0 saturated heterocycles. The number of hydrogen-bond donors (Lipinski definition) is 1. The minimum absolute atomic E-state index is 0.0942. The molecule has 1 aliphatic carbocycles. The minimum Gasteiger partial charge on any atom is -0.351 e. The van der Waals surface area contributed by atoms with Crippen LogP contribution in [0.2, 0.25) is 0 Å². The zero-order valence-electron chi connectivity index (χ0n) is 11.9. The molecule has 20 heavy (non-hydrogen) atoms. The fraction of sp³-hybridized carbons (Fsp3) is 0.600. The lowest BCUT2D eigenvalue weighted by Crippen LogP contribution is -2.36. The topological polar surface area (TPSA) is 49.4 Å². The van der Waals surface area contributed by atoms with Crippen molar-refractivity contribution in [3.8, 4) is 0 Å². The summed E-state index contributed by atoms with van der Waals surface area (Å²) in [5.41, 5.74) is 0.672. The predicted octanol–water partition coefficient (Wildman–Crippen LogP) is 2.52. The Kier molecular flexibility index (Phi) is 5.59. The molecule has 1 saturated carbocycles. The third-order valence-electron chi connectivity index (χ3n) is 3.43. The van der Waals surface area contributed by atoms with Crippen LogP contribution >= 0.6 is 11.3 Å². The van der Waals surface area contributed by atoms with E-state index in [-0.39, 0.29) is 11.8 Å². The third kappa shape index (κ3) is 4.63. The Labute approximate surface area is 124 Å². The lowest BCUT2D eigenvalue weighted by atomic mass is 10.2. The molecule has 0 unspecified atom stereocenters. The Morgan fingerprint density at radius 2 is 2.25 bits per heavy atom. The van der Waals surface area contributed by atoms with Crippen molar-refractivity contribution in [2.24, 2.45) is 5.92 Å². The SMILES string of the molecule is CCCN(CC1CC1)C(=O)CCNC(=O)c1ccsc1. The summed E-state index contributed by atoms with van der Waals surface area (Å²) in [6.07, 6.45) is 3.88. The maximum Gasteiger partial charge on any atom is 0.252 e. The van der Waals surface area contributed by atoms with E-state index in [9.17, 15) is 9.59 Å². The summed E-state index contributed by atoms with van der Waals surface area (Å²) in [6.45, 7) is 4.23. The maximum atomic E-state index is 12.1. The second-order valence-electron chi connectivity index (χ2n) is 5.30. The molecule has 2 amide bonds. The molecule has 1 N–H and O–H groups in total. The van der Waals surface area contributed by atoms with E-state index in [0.29, 0.717) is 24.4 Å². The van der Waals surface area contributed by atoms with Gasteiger partial charge in [-0.1, -0.05) is 6.92 Å². The van der Waals surface area contributed by atoms with Crippen LogP contribution in [0.1, 0.15) is 43.0 Å². The summed E-state index contributed by atoms with van der Waals surface area (Å²) in [4.78, 5) is 25.8. The first-order chi connectivity index (χ1) is 9.70. The molecule has 1 aromatic rings. The van der Waals surface area contributed by atoms with Crippen LogP contribution < -0.4 is 5.32 Å². The van der Waals surface area contributed by atoms with Gasteiger partial charge >= 0.3 is 0 Å². The Morgan fingerprint density at radius 3 is 2.85 bits per heavy atom. The number of nitrogens with zero attached hydrogens (tertiary/aromatic N) is 1. The second-order valence-corrected chi connectivity index (χ2v) is 6.08. The van der Waals surface area contributed by atoms with Crippen LogP contribution in [0, 0.1) is 5.92 Å². The van der Waals surface area contributed by atoms with Crippen LogP contribution in [0.4, 0.5) is 0 Å². The Morgan fingerprint density at radius 1 is 1.45 bits per heavy atom. The van der Waals surface area contributed by atoms with Gasteiger partial charge in [0, 0.05) is 37.0 Å². The van der Waals surface area contributed by atoms with E-state index in [1.165, 1.54) is 24.2 Å². The van der Waals surface area contributed by atoms with Crippen LogP contribution in [0.25, 0.3) is 0 Å². The van der Waals surface area contributed by atoms with Gasteiger partial charge in [-0.25, -0.2) is 0 Å². The van der Waals surface area contributed by atoms with E-state index < -0.39 is 0 Å². The van der Waals surface area contributed by atoms with Crippen molar-refractivity contribution < 1.29 is 9.59 Å². The molecule has 1 fully saturated rings. The summed E-state index contributed by atoms with van der Waals surface area (Å²) in [7, 11) is 0. The van der Waals surface area contributed by atoms with Crippen molar-refractivity contribution in [3.63, 3.8) is 0 Å².